The van der Waals surface area contributed by atoms with Crippen LogP contribution in [-0.2, 0) is 26.0 Å². The molecule has 0 bridgehead atoms. The molecule has 8 nitrogen and oxygen atoms in total. The number of amides is 3. The van der Waals surface area contributed by atoms with E-state index in [4.69, 9.17) is 0 Å². The van der Waals surface area contributed by atoms with Crippen molar-refractivity contribution < 1.29 is 22.8 Å². The highest BCUT2D eigenvalue weighted by Gasteiger charge is 2.40. The summed E-state index contributed by atoms with van der Waals surface area (Å²) in [4.78, 5) is 39.8. The summed E-state index contributed by atoms with van der Waals surface area (Å²) in [6, 6.07) is 15.0. The second-order valence-electron chi connectivity index (χ2n) is 8.64. The van der Waals surface area contributed by atoms with E-state index < -0.39 is 22.0 Å². The van der Waals surface area contributed by atoms with E-state index in [9.17, 15) is 22.8 Å². The minimum Gasteiger partial charge on any atom is -0.352 e. The van der Waals surface area contributed by atoms with Gasteiger partial charge in [-0.1, -0.05) is 42.5 Å². The van der Waals surface area contributed by atoms with Crippen molar-refractivity contribution in [2.45, 2.75) is 57.0 Å². The molecule has 34 heavy (non-hydrogen) atoms. The molecule has 0 saturated carbocycles. The maximum atomic E-state index is 13.1. The molecule has 2 aromatic rings. The third-order valence-corrected chi connectivity index (χ3v) is 7.59. The first-order valence-electron chi connectivity index (χ1n) is 11.4. The molecule has 0 radical (unpaired) electrons. The number of hydrogen-bond acceptors (Lipinski definition) is 5. The molecule has 182 valence electrons. The third kappa shape index (κ3) is 5.64. The standard InChI is InChI=1S/C25H31N3O5S/c1-18(2)26-24(30)19(3)27(17-15-20-10-5-4-6-11-20)23(29)14-9-16-28-25(31)21-12-7-8-13-22(21)34(28,32)33/h4-8,10-13,18-19H,9,14-17H2,1-3H3,(H,26,30). The third-order valence-electron chi connectivity index (χ3n) is 5.75. The van der Waals surface area contributed by atoms with E-state index in [1.165, 1.54) is 17.0 Å². The fourth-order valence-corrected chi connectivity index (χ4v) is 5.55. The molecule has 1 aliphatic rings. The van der Waals surface area contributed by atoms with Crippen molar-refractivity contribution in [3.63, 3.8) is 0 Å². The Morgan fingerprint density at radius 3 is 2.29 bits per heavy atom. The summed E-state index contributed by atoms with van der Waals surface area (Å²) in [5, 5.41) is 2.84. The Hall–Kier alpha value is -3.20. The predicted octanol–water partition coefficient (Wildman–Crippen LogP) is 2.60. The number of benzene rings is 2. The molecule has 2 aromatic carbocycles. The Balaban J connectivity index is 1.66. The molecule has 3 amide bonds. The van der Waals surface area contributed by atoms with Crippen LogP contribution < -0.4 is 5.32 Å². The molecular formula is C25H31N3O5S. The Kier molecular flexibility index (Phi) is 8.09. The molecular weight excluding hydrogens is 454 g/mol. The van der Waals surface area contributed by atoms with Crippen LogP contribution in [0.2, 0.25) is 0 Å². The zero-order valence-corrected chi connectivity index (χ0v) is 20.5. The molecule has 9 heteroatoms. The van der Waals surface area contributed by atoms with E-state index in [1.807, 2.05) is 44.2 Å². The molecule has 1 aliphatic heterocycles. The van der Waals surface area contributed by atoms with Crippen LogP contribution in [0.3, 0.4) is 0 Å². The molecule has 3 rings (SSSR count). The highest BCUT2D eigenvalue weighted by atomic mass is 32.2. The maximum absolute atomic E-state index is 13.1. The van der Waals surface area contributed by atoms with E-state index in [2.05, 4.69) is 5.32 Å². The van der Waals surface area contributed by atoms with Crippen molar-refractivity contribution in [3.05, 3.63) is 65.7 Å². The SMILES string of the molecule is CC(C)NC(=O)C(C)N(CCc1ccccc1)C(=O)CCCN1C(=O)c2ccccc2S1(=O)=O. The molecule has 0 aromatic heterocycles. The van der Waals surface area contributed by atoms with Crippen LogP contribution >= 0.6 is 0 Å². The van der Waals surface area contributed by atoms with E-state index in [0.717, 1.165) is 9.87 Å². The van der Waals surface area contributed by atoms with Crippen LogP contribution in [-0.4, -0.2) is 60.5 Å². The predicted molar refractivity (Wildman–Crippen MR) is 128 cm³/mol. The van der Waals surface area contributed by atoms with E-state index >= 15 is 0 Å². The van der Waals surface area contributed by atoms with Gasteiger partial charge in [0.05, 0.1) is 5.56 Å². The van der Waals surface area contributed by atoms with Gasteiger partial charge in [0.1, 0.15) is 10.9 Å². The molecule has 1 heterocycles. The number of sulfonamides is 1. The average Bonchev–Trinajstić information content (AvgIpc) is 3.00. The summed E-state index contributed by atoms with van der Waals surface area (Å²) >= 11 is 0. The lowest BCUT2D eigenvalue weighted by Crippen LogP contribution is -2.50. The normalized spacial score (nSPS) is 15.2. The van der Waals surface area contributed by atoms with Crippen molar-refractivity contribution in [2.24, 2.45) is 0 Å². The van der Waals surface area contributed by atoms with Crippen LogP contribution in [0.25, 0.3) is 0 Å². The van der Waals surface area contributed by atoms with Crippen molar-refractivity contribution in [2.75, 3.05) is 13.1 Å². The zero-order chi connectivity index (χ0) is 24.9. The Labute approximate surface area is 201 Å². The van der Waals surface area contributed by atoms with Crippen molar-refractivity contribution in [1.82, 2.24) is 14.5 Å². The molecule has 1 unspecified atom stereocenters. The lowest BCUT2D eigenvalue weighted by atomic mass is 10.1. The van der Waals surface area contributed by atoms with Gasteiger partial charge in [0, 0.05) is 25.6 Å². The van der Waals surface area contributed by atoms with Gasteiger partial charge in [0.15, 0.2) is 0 Å². The minimum absolute atomic E-state index is 0.00482. The first kappa shape index (κ1) is 25.4. The number of rotatable bonds is 10. The van der Waals surface area contributed by atoms with Gasteiger partial charge in [-0.2, -0.15) is 0 Å². The van der Waals surface area contributed by atoms with E-state index in [-0.39, 0.29) is 47.7 Å². The minimum atomic E-state index is -3.91. The average molecular weight is 486 g/mol. The van der Waals surface area contributed by atoms with Gasteiger partial charge < -0.3 is 10.2 Å². The van der Waals surface area contributed by atoms with Gasteiger partial charge in [-0.05, 0) is 51.3 Å². The molecule has 0 spiro atoms. The molecule has 0 saturated heterocycles. The summed E-state index contributed by atoms with van der Waals surface area (Å²) in [6.45, 7) is 5.65. The largest absolute Gasteiger partial charge is 0.352 e. The number of carbonyl (C=O) groups excluding carboxylic acids is 3. The molecule has 0 aliphatic carbocycles. The highest BCUT2D eigenvalue weighted by Crippen LogP contribution is 2.30. The topological polar surface area (TPSA) is 104 Å². The Morgan fingerprint density at radius 2 is 1.65 bits per heavy atom. The summed E-state index contributed by atoms with van der Waals surface area (Å²) in [5.41, 5.74) is 1.19. The van der Waals surface area contributed by atoms with Crippen molar-refractivity contribution in [3.8, 4) is 0 Å². The van der Waals surface area contributed by atoms with Gasteiger partial charge in [-0.3, -0.25) is 14.4 Å². The van der Waals surface area contributed by atoms with E-state index in [1.54, 1.807) is 19.1 Å². The van der Waals surface area contributed by atoms with Crippen molar-refractivity contribution >= 4 is 27.7 Å². The number of carbonyl (C=O) groups is 3. The summed E-state index contributed by atoms with van der Waals surface area (Å²) in [5.74, 6) is -1.08. The first-order chi connectivity index (χ1) is 16.1. The van der Waals surface area contributed by atoms with Crippen LogP contribution in [0.1, 0.15) is 49.5 Å². The summed E-state index contributed by atoms with van der Waals surface area (Å²) in [7, 11) is -3.91. The van der Waals surface area contributed by atoms with Crippen molar-refractivity contribution in [1.29, 1.82) is 0 Å². The fourth-order valence-electron chi connectivity index (χ4n) is 3.94. The quantitative estimate of drug-likeness (QED) is 0.557. The maximum Gasteiger partial charge on any atom is 0.269 e. The summed E-state index contributed by atoms with van der Waals surface area (Å²) in [6.07, 6.45) is 0.766. The fraction of sp³-hybridized carbons (Fsp3) is 0.400. The number of nitrogens with zero attached hydrogens (tertiary/aromatic N) is 2. The molecule has 0 fully saturated rings. The van der Waals surface area contributed by atoms with E-state index in [0.29, 0.717) is 13.0 Å². The first-order valence-corrected chi connectivity index (χ1v) is 12.9. The van der Waals surface area contributed by atoms with Gasteiger partial charge in [-0.25, -0.2) is 12.7 Å². The number of nitrogens with one attached hydrogen (secondary N) is 1. The lowest BCUT2D eigenvalue weighted by Gasteiger charge is -2.29. The van der Waals surface area contributed by atoms with Gasteiger partial charge in [0.2, 0.25) is 11.8 Å². The smallest absolute Gasteiger partial charge is 0.269 e. The monoisotopic (exact) mass is 485 g/mol. The highest BCUT2D eigenvalue weighted by molar-refractivity contribution is 7.90. The lowest BCUT2D eigenvalue weighted by molar-refractivity contribution is -0.140. The van der Waals surface area contributed by atoms with Gasteiger partial charge in [-0.15, -0.1) is 0 Å². The van der Waals surface area contributed by atoms with Crippen LogP contribution in [0, 0.1) is 0 Å². The zero-order valence-electron chi connectivity index (χ0n) is 19.7. The Bertz CT molecular complexity index is 1150. The second kappa shape index (κ2) is 10.8. The van der Waals surface area contributed by atoms with Crippen LogP contribution in [0.15, 0.2) is 59.5 Å². The number of fused-ring (bicyclic) bond motifs is 1. The summed E-state index contributed by atoms with van der Waals surface area (Å²) < 4.78 is 26.3. The molecule has 1 N–H and O–H groups in total. The van der Waals surface area contributed by atoms with Crippen LogP contribution in [0.4, 0.5) is 0 Å². The van der Waals surface area contributed by atoms with Gasteiger partial charge in [0.25, 0.3) is 15.9 Å². The second-order valence-corrected chi connectivity index (χ2v) is 10.5. The van der Waals surface area contributed by atoms with Gasteiger partial charge >= 0.3 is 0 Å². The number of hydrogen-bond donors (Lipinski definition) is 1. The molecule has 1 atom stereocenters. The van der Waals surface area contributed by atoms with Crippen LogP contribution in [0.5, 0.6) is 0 Å². The Morgan fingerprint density at radius 1 is 1.00 bits per heavy atom.